The molecule has 1 amide bonds. The molecule has 2 rings (SSSR count). The quantitative estimate of drug-likeness (QED) is 0.820. The van der Waals surface area contributed by atoms with Gasteiger partial charge in [-0.1, -0.05) is 0 Å². The van der Waals surface area contributed by atoms with Crippen molar-refractivity contribution in [2.75, 3.05) is 32.8 Å². The zero-order valence-corrected chi connectivity index (χ0v) is 11.7. The van der Waals surface area contributed by atoms with Gasteiger partial charge in [-0.25, -0.2) is 9.97 Å². The molecular weight excluding hydrogens is 256 g/mol. The van der Waals surface area contributed by atoms with Crippen LogP contribution in [0, 0.1) is 0 Å². The third kappa shape index (κ3) is 4.31. The molecule has 0 bridgehead atoms. The van der Waals surface area contributed by atoms with E-state index in [0.29, 0.717) is 12.6 Å². The van der Waals surface area contributed by atoms with Crippen molar-refractivity contribution in [1.29, 1.82) is 0 Å². The van der Waals surface area contributed by atoms with Crippen LogP contribution >= 0.6 is 0 Å². The van der Waals surface area contributed by atoms with E-state index in [0.717, 1.165) is 38.2 Å². The molecule has 1 aliphatic heterocycles. The molecule has 0 radical (unpaired) electrons. The molecule has 108 valence electrons. The molecule has 1 N–H and O–H groups in total. The van der Waals surface area contributed by atoms with Crippen molar-refractivity contribution in [2.45, 2.75) is 13.3 Å². The standard InChI is InChI=1S/C14H20N4O2/c1-2-20-14-16-10-12(11-17-14)4-5-13(19)18-8-3-6-15-7-9-18/h4-5,10-11,15H,2-3,6-9H2,1H3/b5-4+. The average molecular weight is 276 g/mol. The van der Waals surface area contributed by atoms with Crippen molar-refractivity contribution in [2.24, 2.45) is 0 Å². The van der Waals surface area contributed by atoms with Crippen LogP contribution in [0.25, 0.3) is 6.08 Å². The van der Waals surface area contributed by atoms with Crippen molar-refractivity contribution in [3.63, 3.8) is 0 Å². The summed E-state index contributed by atoms with van der Waals surface area (Å²) in [5.74, 6) is 0.0302. The molecule has 1 fully saturated rings. The number of nitrogens with one attached hydrogen (secondary N) is 1. The van der Waals surface area contributed by atoms with Gasteiger partial charge in [0.2, 0.25) is 5.91 Å². The molecule has 0 saturated carbocycles. The minimum atomic E-state index is 0.0302. The van der Waals surface area contributed by atoms with E-state index in [1.807, 2.05) is 11.8 Å². The van der Waals surface area contributed by atoms with Gasteiger partial charge in [0.15, 0.2) is 0 Å². The monoisotopic (exact) mass is 276 g/mol. The van der Waals surface area contributed by atoms with Crippen molar-refractivity contribution in [3.05, 3.63) is 24.0 Å². The first-order chi connectivity index (χ1) is 9.79. The van der Waals surface area contributed by atoms with E-state index in [-0.39, 0.29) is 5.91 Å². The van der Waals surface area contributed by atoms with Gasteiger partial charge < -0.3 is 15.0 Å². The number of hydrogen-bond acceptors (Lipinski definition) is 5. The lowest BCUT2D eigenvalue weighted by atomic mass is 10.3. The fourth-order valence-corrected chi connectivity index (χ4v) is 1.95. The highest BCUT2D eigenvalue weighted by Gasteiger charge is 2.12. The van der Waals surface area contributed by atoms with E-state index in [4.69, 9.17) is 4.74 Å². The Labute approximate surface area is 118 Å². The van der Waals surface area contributed by atoms with Crippen molar-refractivity contribution < 1.29 is 9.53 Å². The minimum absolute atomic E-state index is 0.0302. The van der Waals surface area contributed by atoms with Gasteiger partial charge in [0.05, 0.1) is 6.61 Å². The van der Waals surface area contributed by atoms with Gasteiger partial charge in [-0.2, -0.15) is 0 Å². The summed E-state index contributed by atoms with van der Waals surface area (Å²) in [5, 5.41) is 3.27. The maximum atomic E-state index is 12.0. The van der Waals surface area contributed by atoms with Crippen LogP contribution in [-0.4, -0.2) is 53.6 Å². The molecular formula is C14H20N4O2. The van der Waals surface area contributed by atoms with Crippen LogP contribution < -0.4 is 10.1 Å². The van der Waals surface area contributed by atoms with Crippen LogP contribution in [0.1, 0.15) is 18.9 Å². The predicted octanol–water partition coefficient (Wildman–Crippen LogP) is 0.710. The number of rotatable bonds is 4. The third-order valence-corrected chi connectivity index (χ3v) is 2.99. The smallest absolute Gasteiger partial charge is 0.316 e. The lowest BCUT2D eigenvalue weighted by Gasteiger charge is -2.17. The maximum Gasteiger partial charge on any atom is 0.316 e. The second-order valence-corrected chi connectivity index (χ2v) is 4.49. The highest BCUT2D eigenvalue weighted by Crippen LogP contribution is 2.05. The Kier molecular flexibility index (Phi) is 5.49. The van der Waals surface area contributed by atoms with Crippen LogP contribution in [0.3, 0.4) is 0 Å². The van der Waals surface area contributed by atoms with E-state index in [1.165, 1.54) is 0 Å². The van der Waals surface area contributed by atoms with Crippen LogP contribution in [0.4, 0.5) is 0 Å². The van der Waals surface area contributed by atoms with Gasteiger partial charge in [-0.3, -0.25) is 4.79 Å². The van der Waals surface area contributed by atoms with Crippen LogP contribution in [0.15, 0.2) is 18.5 Å². The molecule has 2 heterocycles. The Morgan fingerprint density at radius 2 is 2.20 bits per heavy atom. The minimum Gasteiger partial charge on any atom is -0.464 e. The maximum absolute atomic E-state index is 12.0. The van der Waals surface area contributed by atoms with E-state index < -0.39 is 0 Å². The highest BCUT2D eigenvalue weighted by molar-refractivity contribution is 5.91. The summed E-state index contributed by atoms with van der Waals surface area (Å²) in [6.45, 7) is 5.80. The largest absolute Gasteiger partial charge is 0.464 e. The van der Waals surface area contributed by atoms with Crippen molar-refractivity contribution >= 4 is 12.0 Å². The summed E-state index contributed by atoms with van der Waals surface area (Å²) >= 11 is 0. The van der Waals surface area contributed by atoms with Gasteiger partial charge in [-0.05, 0) is 26.0 Å². The molecule has 6 nitrogen and oxygen atoms in total. The second kappa shape index (κ2) is 7.59. The van der Waals surface area contributed by atoms with Crippen molar-refractivity contribution in [1.82, 2.24) is 20.2 Å². The lowest BCUT2D eigenvalue weighted by Crippen LogP contribution is -2.32. The number of carbonyl (C=O) groups excluding carboxylic acids is 1. The molecule has 6 heteroatoms. The SMILES string of the molecule is CCOc1ncc(/C=C/C(=O)N2CCCNCC2)cn1. The summed E-state index contributed by atoms with van der Waals surface area (Å²) in [6.07, 6.45) is 7.59. The molecule has 20 heavy (non-hydrogen) atoms. The van der Waals surface area contributed by atoms with E-state index in [9.17, 15) is 4.79 Å². The summed E-state index contributed by atoms with van der Waals surface area (Å²) in [7, 11) is 0. The van der Waals surface area contributed by atoms with Gasteiger partial charge in [-0.15, -0.1) is 0 Å². The Morgan fingerprint density at radius 3 is 2.95 bits per heavy atom. The topological polar surface area (TPSA) is 67.3 Å². The first-order valence-corrected chi connectivity index (χ1v) is 6.92. The first-order valence-electron chi connectivity index (χ1n) is 6.92. The van der Waals surface area contributed by atoms with E-state index in [1.54, 1.807) is 24.5 Å². The number of aromatic nitrogens is 2. The number of amides is 1. The van der Waals surface area contributed by atoms with Crippen LogP contribution in [0.2, 0.25) is 0 Å². The Balaban J connectivity index is 1.92. The summed E-state index contributed by atoms with van der Waals surface area (Å²) in [5.41, 5.74) is 0.787. The highest BCUT2D eigenvalue weighted by atomic mass is 16.5. The zero-order valence-electron chi connectivity index (χ0n) is 11.7. The summed E-state index contributed by atoms with van der Waals surface area (Å²) in [6, 6.07) is 0.356. The molecule has 1 saturated heterocycles. The molecule has 0 aromatic carbocycles. The number of ether oxygens (including phenoxy) is 1. The summed E-state index contributed by atoms with van der Waals surface area (Å²) in [4.78, 5) is 22.0. The fourth-order valence-electron chi connectivity index (χ4n) is 1.95. The van der Waals surface area contributed by atoms with Crippen molar-refractivity contribution in [3.8, 4) is 6.01 Å². The first kappa shape index (κ1) is 14.5. The average Bonchev–Trinajstić information content (AvgIpc) is 2.76. The van der Waals surface area contributed by atoms with Crippen LogP contribution in [0.5, 0.6) is 6.01 Å². The van der Waals surface area contributed by atoms with Gasteiger partial charge in [0, 0.05) is 43.7 Å². The third-order valence-electron chi connectivity index (χ3n) is 2.99. The van der Waals surface area contributed by atoms with Gasteiger partial charge in [0.1, 0.15) is 0 Å². The molecule has 0 spiro atoms. The molecule has 0 atom stereocenters. The van der Waals surface area contributed by atoms with E-state index >= 15 is 0 Å². The lowest BCUT2D eigenvalue weighted by molar-refractivity contribution is -0.125. The molecule has 0 unspecified atom stereocenters. The Hall–Kier alpha value is -1.95. The normalized spacial score (nSPS) is 16.1. The van der Waals surface area contributed by atoms with Gasteiger partial charge in [0.25, 0.3) is 0 Å². The number of carbonyl (C=O) groups is 1. The fraction of sp³-hybridized carbons (Fsp3) is 0.500. The molecule has 0 aliphatic carbocycles. The zero-order chi connectivity index (χ0) is 14.2. The molecule has 1 aliphatic rings. The summed E-state index contributed by atoms with van der Waals surface area (Å²) < 4.78 is 5.17. The predicted molar refractivity (Wildman–Crippen MR) is 76.3 cm³/mol. The second-order valence-electron chi connectivity index (χ2n) is 4.49. The van der Waals surface area contributed by atoms with E-state index in [2.05, 4.69) is 15.3 Å². The number of nitrogens with zero attached hydrogens (tertiary/aromatic N) is 3. The number of hydrogen-bond donors (Lipinski definition) is 1. The molecule has 1 aromatic heterocycles. The Bertz CT molecular complexity index is 451. The van der Waals surface area contributed by atoms with Crippen LogP contribution in [-0.2, 0) is 4.79 Å². The Morgan fingerprint density at radius 1 is 1.40 bits per heavy atom. The molecule has 1 aromatic rings. The van der Waals surface area contributed by atoms with Gasteiger partial charge >= 0.3 is 6.01 Å².